The Morgan fingerprint density at radius 3 is 2.75 bits per heavy atom. The van der Waals surface area contributed by atoms with E-state index in [1.807, 2.05) is 35.7 Å². The van der Waals surface area contributed by atoms with Gasteiger partial charge in [-0.1, -0.05) is 25.1 Å². The topological polar surface area (TPSA) is 72.8 Å². The summed E-state index contributed by atoms with van der Waals surface area (Å²) in [4.78, 5) is 14.9. The molecule has 2 aliphatic rings. The van der Waals surface area contributed by atoms with E-state index in [0.717, 1.165) is 60.6 Å². The quantitative estimate of drug-likeness (QED) is 0.720. The molecule has 1 amide bonds. The summed E-state index contributed by atoms with van der Waals surface area (Å²) in [5.41, 5.74) is 2.18. The Hall–Kier alpha value is -1.73. The molecule has 2 aromatic rings. The summed E-state index contributed by atoms with van der Waals surface area (Å²) in [6.45, 7) is 4.55. The third kappa shape index (κ3) is 4.01. The standard InChI is InChI=1S/C22H28N2O3S/c1-15(14-24-10-8-22(27,9-11-24)19-3-2-12-28-19)21(26)17-4-6-18-16(13-17)5-7-20(25)23-18/h2-4,6,12-13,15,21,26-27H,5,7-11,14H2,1H3,(H,23,25)/t15-,21-/m1/s1. The predicted octanol–water partition coefficient (Wildman–Crippen LogP) is 3.29. The fourth-order valence-electron chi connectivity index (χ4n) is 4.32. The number of amides is 1. The molecule has 0 unspecified atom stereocenters. The third-order valence-electron chi connectivity index (χ3n) is 6.11. The molecule has 28 heavy (non-hydrogen) atoms. The molecular weight excluding hydrogens is 372 g/mol. The van der Waals surface area contributed by atoms with Crippen molar-refractivity contribution in [2.45, 2.75) is 44.3 Å². The summed E-state index contributed by atoms with van der Waals surface area (Å²) < 4.78 is 0. The van der Waals surface area contributed by atoms with E-state index in [9.17, 15) is 15.0 Å². The number of aliphatic hydroxyl groups is 2. The summed E-state index contributed by atoms with van der Waals surface area (Å²) in [6.07, 6.45) is 2.15. The molecule has 4 rings (SSSR count). The lowest BCUT2D eigenvalue weighted by atomic mass is 9.88. The highest BCUT2D eigenvalue weighted by Crippen LogP contribution is 2.36. The highest BCUT2D eigenvalue weighted by atomic mass is 32.1. The molecule has 1 aromatic carbocycles. The van der Waals surface area contributed by atoms with Crippen molar-refractivity contribution in [2.75, 3.05) is 25.0 Å². The number of thiophene rings is 1. The maximum atomic E-state index is 11.5. The van der Waals surface area contributed by atoms with Gasteiger partial charge in [-0.25, -0.2) is 0 Å². The highest BCUT2D eigenvalue weighted by Gasteiger charge is 2.35. The van der Waals surface area contributed by atoms with Gasteiger partial charge >= 0.3 is 0 Å². The predicted molar refractivity (Wildman–Crippen MR) is 111 cm³/mol. The van der Waals surface area contributed by atoms with Crippen LogP contribution in [-0.4, -0.2) is 40.7 Å². The number of carbonyl (C=O) groups excluding carboxylic acids is 1. The van der Waals surface area contributed by atoms with Gasteiger partial charge in [-0.2, -0.15) is 0 Å². The van der Waals surface area contributed by atoms with Crippen LogP contribution in [0.4, 0.5) is 5.69 Å². The number of fused-ring (bicyclic) bond motifs is 1. The van der Waals surface area contributed by atoms with Gasteiger partial charge in [0.2, 0.25) is 5.91 Å². The second kappa shape index (κ2) is 7.95. The maximum absolute atomic E-state index is 11.5. The molecule has 0 bridgehead atoms. The normalized spacial score (nSPS) is 21.6. The SMILES string of the molecule is C[C@H](CN1CCC(O)(c2cccs2)CC1)[C@@H](O)c1ccc2c(c1)CCC(=O)N2. The first kappa shape index (κ1) is 19.6. The molecule has 150 valence electrons. The van der Waals surface area contributed by atoms with Crippen molar-refractivity contribution >= 4 is 22.9 Å². The van der Waals surface area contributed by atoms with Gasteiger partial charge in [0.25, 0.3) is 0 Å². The smallest absolute Gasteiger partial charge is 0.224 e. The van der Waals surface area contributed by atoms with Crippen LogP contribution in [0, 0.1) is 5.92 Å². The second-order valence-corrected chi connectivity index (χ2v) is 9.14. The van der Waals surface area contributed by atoms with Crippen molar-refractivity contribution in [3.8, 4) is 0 Å². The Balaban J connectivity index is 1.35. The molecule has 1 saturated heterocycles. The molecule has 3 N–H and O–H groups in total. The number of likely N-dealkylation sites (tertiary alicyclic amines) is 1. The molecule has 0 aliphatic carbocycles. The van der Waals surface area contributed by atoms with Gasteiger partial charge in [0.1, 0.15) is 5.60 Å². The minimum Gasteiger partial charge on any atom is -0.388 e. The molecule has 5 nitrogen and oxygen atoms in total. The number of anilines is 1. The maximum Gasteiger partial charge on any atom is 0.224 e. The van der Waals surface area contributed by atoms with Crippen molar-refractivity contribution in [3.05, 3.63) is 51.7 Å². The Labute approximate surface area is 170 Å². The van der Waals surface area contributed by atoms with Crippen LogP contribution >= 0.6 is 11.3 Å². The first-order valence-electron chi connectivity index (χ1n) is 10.0. The fraction of sp³-hybridized carbons (Fsp3) is 0.500. The molecule has 0 saturated carbocycles. The number of aliphatic hydroxyl groups excluding tert-OH is 1. The van der Waals surface area contributed by atoms with Crippen molar-refractivity contribution in [2.24, 2.45) is 5.92 Å². The van der Waals surface area contributed by atoms with E-state index in [1.165, 1.54) is 0 Å². The second-order valence-electron chi connectivity index (χ2n) is 8.20. The Morgan fingerprint density at radius 1 is 1.25 bits per heavy atom. The summed E-state index contributed by atoms with van der Waals surface area (Å²) in [6, 6.07) is 9.86. The Morgan fingerprint density at radius 2 is 2.04 bits per heavy atom. The number of benzene rings is 1. The summed E-state index contributed by atoms with van der Waals surface area (Å²) >= 11 is 1.62. The zero-order chi connectivity index (χ0) is 19.7. The van der Waals surface area contributed by atoms with Gasteiger partial charge in [0.15, 0.2) is 0 Å². The van der Waals surface area contributed by atoms with Crippen molar-refractivity contribution in [1.82, 2.24) is 4.90 Å². The number of hydrogen-bond donors (Lipinski definition) is 3. The lowest BCUT2D eigenvalue weighted by Gasteiger charge is -2.39. The van der Waals surface area contributed by atoms with Crippen LogP contribution in [0.5, 0.6) is 0 Å². The van der Waals surface area contributed by atoms with E-state index >= 15 is 0 Å². The zero-order valence-electron chi connectivity index (χ0n) is 16.2. The number of aryl methyl sites for hydroxylation is 1. The number of piperidine rings is 1. The van der Waals surface area contributed by atoms with Crippen LogP contribution in [0.1, 0.15) is 48.3 Å². The van der Waals surface area contributed by atoms with Gasteiger partial charge in [0.05, 0.1) is 6.10 Å². The minimum absolute atomic E-state index is 0.0572. The summed E-state index contributed by atoms with van der Waals surface area (Å²) in [7, 11) is 0. The van der Waals surface area contributed by atoms with E-state index < -0.39 is 11.7 Å². The number of carbonyl (C=O) groups is 1. The monoisotopic (exact) mass is 400 g/mol. The number of nitrogens with one attached hydrogen (secondary N) is 1. The molecule has 0 radical (unpaired) electrons. The van der Waals surface area contributed by atoms with Crippen LogP contribution in [0.25, 0.3) is 0 Å². The van der Waals surface area contributed by atoms with Crippen molar-refractivity contribution in [3.63, 3.8) is 0 Å². The van der Waals surface area contributed by atoms with Crippen LogP contribution in [0.15, 0.2) is 35.7 Å². The summed E-state index contributed by atoms with van der Waals surface area (Å²) in [5.74, 6) is 0.144. The number of hydrogen-bond acceptors (Lipinski definition) is 5. The molecule has 2 aliphatic heterocycles. The van der Waals surface area contributed by atoms with E-state index in [2.05, 4.69) is 17.1 Å². The third-order valence-corrected chi connectivity index (χ3v) is 7.18. The van der Waals surface area contributed by atoms with E-state index in [0.29, 0.717) is 6.42 Å². The van der Waals surface area contributed by atoms with Crippen LogP contribution in [0.2, 0.25) is 0 Å². The molecule has 6 heteroatoms. The first-order valence-corrected chi connectivity index (χ1v) is 10.9. The van der Waals surface area contributed by atoms with Crippen LogP contribution in [0.3, 0.4) is 0 Å². The van der Waals surface area contributed by atoms with Gasteiger partial charge in [0, 0.05) is 36.6 Å². The van der Waals surface area contributed by atoms with Gasteiger partial charge in [-0.15, -0.1) is 11.3 Å². The lowest BCUT2D eigenvalue weighted by molar-refractivity contribution is -0.116. The minimum atomic E-state index is -0.699. The van der Waals surface area contributed by atoms with Crippen LogP contribution < -0.4 is 5.32 Å². The lowest BCUT2D eigenvalue weighted by Crippen LogP contribution is -2.44. The molecule has 1 aromatic heterocycles. The first-order chi connectivity index (χ1) is 13.4. The van der Waals surface area contributed by atoms with Gasteiger partial charge < -0.3 is 20.4 Å². The molecule has 0 spiro atoms. The van der Waals surface area contributed by atoms with Crippen molar-refractivity contribution < 1.29 is 15.0 Å². The molecular formula is C22H28N2O3S. The van der Waals surface area contributed by atoms with E-state index in [-0.39, 0.29) is 11.8 Å². The van der Waals surface area contributed by atoms with Crippen LogP contribution in [-0.2, 0) is 16.8 Å². The molecule has 1 fully saturated rings. The average molecular weight is 401 g/mol. The number of nitrogens with zero attached hydrogens (tertiary/aromatic N) is 1. The van der Waals surface area contributed by atoms with Gasteiger partial charge in [-0.3, -0.25) is 4.79 Å². The summed E-state index contributed by atoms with van der Waals surface area (Å²) in [5, 5.41) is 26.7. The molecule has 3 heterocycles. The number of rotatable bonds is 5. The Bertz CT molecular complexity index is 828. The fourth-order valence-corrected chi connectivity index (χ4v) is 5.20. The van der Waals surface area contributed by atoms with Gasteiger partial charge in [-0.05, 0) is 53.8 Å². The Kier molecular flexibility index (Phi) is 5.56. The van der Waals surface area contributed by atoms with E-state index in [1.54, 1.807) is 11.3 Å². The molecule has 2 atom stereocenters. The van der Waals surface area contributed by atoms with E-state index in [4.69, 9.17) is 0 Å². The largest absolute Gasteiger partial charge is 0.388 e. The van der Waals surface area contributed by atoms with Crippen molar-refractivity contribution in [1.29, 1.82) is 0 Å². The average Bonchev–Trinajstić information content (AvgIpc) is 3.24. The highest BCUT2D eigenvalue weighted by molar-refractivity contribution is 7.10. The zero-order valence-corrected chi connectivity index (χ0v) is 17.0.